The second-order valence-electron chi connectivity index (χ2n) is 12.9. The van der Waals surface area contributed by atoms with Gasteiger partial charge in [0.1, 0.15) is 10.3 Å². The lowest BCUT2D eigenvalue weighted by Crippen LogP contribution is -2.49. The van der Waals surface area contributed by atoms with Crippen molar-refractivity contribution in [2.24, 2.45) is 11.8 Å². The maximum atomic E-state index is 13.7. The molecule has 254 valence electrons. The van der Waals surface area contributed by atoms with E-state index in [1.165, 1.54) is 24.2 Å². The highest BCUT2D eigenvalue weighted by Gasteiger charge is 2.35. The summed E-state index contributed by atoms with van der Waals surface area (Å²) in [6, 6.07) is 10.8. The Kier molecular flexibility index (Phi) is 10.7. The predicted molar refractivity (Wildman–Crippen MR) is 181 cm³/mol. The number of aromatic nitrogens is 2. The number of carbonyl (C=O) groups is 2. The van der Waals surface area contributed by atoms with Gasteiger partial charge in [-0.1, -0.05) is 49.2 Å². The van der Waals surface area contributed by atoms with Crippen molar-refractivity contribution in [1.82, 2.24) is 19.2 Å². The van der Waals surface area contributed by atoms with Crippen LogP contribution in [0.3, 0.4) is 0 Å². The van der Waals surface area contributed by atoms with Crippen molar-refractivity contribution in [3.8, 4) is 5.88 Å². The Hall–Kier alpha value is -3.13. The van der Waals surface area contributed by atoms with Gasteiger partial charge in [0, 0.05) is 25.2 Å². The molecule has 3 aromatic rings. The molecule has 6 rings (SSSR count). The first-order chi connectivity index (χ1) is 22.7. The van der Waals surface area contributed by atoms with Crippen LogP contribution in [0.15, 0.2) is 41.3 Å². The van der Waals surface area contributed by atoms with Crippen molar-refractivity contribution in [2.45, 2.75) is 81.6 Å². The van der Waals surface area contributed by atoms with Gasteiger partial charge in [0.05, 0.1) is 30.4 Å². The first-order valence-electron chi connectivity index (χ1n) is 16.9. The number of benzene rings is 1. The van der Waals surface area contributed by atoms with E-state index in [-0.39, 0.29) is 22.7 Å². The molecule has 47 heavy (non-hydrogen) atoms. The summed E-state index contributed by atoms with van der Waals surface area (Å²) in [5, 5.41) is 3.50. The van der Waals surface area contributed by atoms with Crippen molar-refractivity contribution in [3.63, 3.8) is 0 Å². The van der Waals surface area contributed by atoms with Crippen molar-refractivity contribution in [3.05, 3.63) is 42.0 Å². The number of thiazole rings is 1. The molecule has 11 nitrogen and oxygen atoms in total. The van der Waals surface area contributed by atoms with Crippen LogP contribution in [-0.4, -0.2) is 85.4 Å². The minimum Gasteiger partial charge on any atom is -0.481 e. The molecule has 4 heterocycles. The number of nitrogens with one attached hydrogen (secondary N) is 1. The van der Waals surface area contributed by atoms with E-state index in [0.29, 0.717) is 59.4 Å². The summed E-state index contributed by atoms with van der Waals surface area (Å²) in [5.41, 5.74) is 1.50. The molecule has 0 spiro atoms. The summed E-state index contributed by atoms with van der Waals surface area (Å²) in [6.07, 6.45) is 8.35. The number of hydrogen-bond acceptors (Lipinski definition) is 10. The molecule has 2 aromatic heterocycles. The van der Waals surface area contributed by atoms with Crippen LogP contribution in [0.5, 0.6) is 5.88 Å². The number of nitrogens with zero attached hydrogens (tertiary/aromatic N) is 4. The molecule has 3 fully saturated rings. The fourth-order valence-electron chi connectivity index (χ4n) is 7.36. The summed E-state index contributed by atoms with van der Waals surface area (Å²) in [4.78, 5) is 38.2. The Morgan fingerprint density at radius 3 is 2.32 bits per heavy atom. The molecule has 1 atom stereocenters. The SMILES string of the molecule is CCOC(=O)C1CCN(C2CCN(S(=O)(=O)c3ccc(C(CC4CCCC4)C(=O)Nc4nc5ccc(OC)nc5s4)cc3)CC2)CC1. The number of hydrogen-bond donors (Lipinski definition) is 1. The standard InChI is InChI=1S/C34H45N5O6S2/c1-3-45-33(41)25-14-18-38(19-15-25)26-16-20-39(21-17-26)47(42,43)27-10-8-24(9-11-27)28(22-23-6-4-5-7-23)31(40)37-34-35-29-12-13-30(44-2)36-32(29)46-34/h8-13,23,25-26,28H,3-7,14-22H2,1-2H3,(H,35,37,40). The highest BCUT2D eigenvalue weighted by Crippen LogP contribution is 2.36. The summed E-state index contributed by atoms with van der Waals surface area (Å²) in [5.74, 6) is 0.238. The number of likely N-dealkylation sites (tertiary alicyclic amines) is 1. The van der Waals surface area contributed by atoms with Gasteiger partial charge in [-0.05, 0) is 81.8 Å². The largest absolute Gasteiger partial charge is 0.481 e. The lowest BCUT2D eigenvalue weighted by atomic mass is 9.87. The predicted octanol–water partition coefficient (Wildman–Crippen LogP) is 5.43. The molecule has 1 saturated carbocycles. The van der Waals surface area contributed by atoms with Crippen LogP contribution in [0.25, 0.3) is 10.3 Å². The number of esters is 1. The van der Waals surface area contributed by atoms with E-state index in [1.54, 1.807) is 41.7 Å². The Morgan fingerprint density at radius 1 is 0.957 bits per heavy atom. The first kappa shape index (κ1) is 33.8. The first-order valence-corrected chi connectivity index (χ1v) is 19.1. The monoisotopic (exact) mass is 683 g/mol. The van der Waals surface area contributed by atoms with E-state index in [4.69, 9.17) is 9.47 Å². The number of rotatable bonds is 11. The number of anilines is 1. The van der Waals surface area contributed by atoms with Gasteiger partial charge in [-0.25, -0.2) is 18.4 Å². The maximum absolute atomic E-state index is 13.7. The third-order valence-electron chi connectivity index (χ3n) is 10.0. The van der Waals surface area contributed by atoms with Gasteiger partial charge in [-0.3, -0.25) is 9.59 Å². The van der Waals surface area contributed by atoms with Crippen molar-refractivity contribution < 1.29 is 27.5 Å². The van der Waals surface area contributed by atoms with Crippen LogP contribution in [0.4, 0.5) is 5.13 Å². The Balaban J connectivity index is 1.09. The van der Waals surface area contributed by atoms with Crippen LogP contribution < -0.4 is 10.1 Å². The van der Waals surface area contributed by atoms with E-state index in [1.807, 2.05) is 13.0 Å². The number of piperidine rings is 2. The van der Waals surface area contributed by atoms with Gasteiger partial charge >= 0.3 is 5.97 Å². The molecular weight excluding hydrogens is 639 g/mol. The molecule has 1 unspecified atom stereocenters. The number of sulfonamides is 1. The van der Waals surface area contributed by atoms with Crippen LogP contribution in [0.1, 0.15) is 76.2 Å². The third kappa shape index (κ3) is 7.79. The lowest BCUT2D eigenvalue weighted by molar-refractivity contribution is -0.149. The van der Waals surface area contributed by atoms with Crippen LogP contribution in [0, 0.1) is 11.8 Å². The Morgan fingerprint density at radius 2 is 1.66 bits per heavy atom. The fraction of sp³-hybridized carbons (Fsp3) is 0.588. The molecule has 1 amide bonds. The van der Waals surface area contributed by atoms with Crippen LogP contribution >= 0.6 is 11.3 Å². The average Bonchev–Trinajstić information content (AvgIpc) is 3.76. The summed E-state index contributed by atoms with van der Waals surface area (Å²) in [7, 11) is -2.11. The van der Waals surface area contributed by atoms with Crippen molar-refractivity contribution in [2.75, 3.05) is 45.2 Å². The molecule has 0 radical (unpaired) electrons. The van der Waals surface area contributed by atoms with Gasteiger partial charge in [0.2, 0.25) is 21.8 Å². The number of fused-ring (bicyclic) bond motifs is 1. The molecule has 3 aliphatic rings. The normalized spacial score (nSPS) is 20.0. The molecule has 2 aliphatic heterocycles. The number of amides is 1. The van der Waals surface area contributed by atoms with Crippen LogP contribution in [0.2, 0.25) is 0 Å². The minimum atomic E-state index is -3.67. The highest BCUT2D eigenvalue weighted by molar-refractivity contribution is 7.89. The van der Waals surface area contributed by atoms with E-state index < -0.39 is 15.9 Å². The molecule has 1 N–H and O–H groups in total. The van der Waals surface area contributed by atoms with E-state index in [2.05, 4.69) is 20.2 Å². The van der Waals surface area contributed by atoms with Crippen molar-refractivity contribution >= 4 is 48.7 Å². The second-order valence-corrected chi connectivity index (χ2v) is 15.8. The molecule has 0 bridgehead atoms. The molecule has 1 aromatic carbocycles. The highest BCUT2D eigenvalue weighted by atomic mass is 32.2. The topological polar surface area (TPSA) is 131 Å². The molecular formula is C34H45N5O6S2. The number of carbonyl (C=O) groups excluding carboxylic acids is 2. The Labute approximate surface area is 281 Å². The average molecular weight is 684 g/mol. The minimum absolute atomic E-state index is 0.0344. The number of ether oxygens (including phenoxy) is 2. The van der Waals surface area contributed by atoms with Gasteiger partial charge in [-0.2, -0.15) is 4.31 Å². The van der Waals surface area contributed by atoms with Gasteiger partial charge in [0.25, 0.3) is 0 Å². The molecule has 2 saturated heterocycles. The maximum Gasteiger partial charge on any atom is 0.309 e. The fourth-order valence-corrected chi connectivity index (χ4v) is 9.67. The molecule has 13 heteroatoms. The quantitative estimate of drug-likeness (QED) is 0.263. The molecule has 1 aliphatic carbocycles. The zero-order chi connectivity index (χ0) is 33.0. The number of methoxy groups -OCH3 is 1. The smallest absolute Gasteiger partial charge is 0.309 e. The van der Waals surface area contributed by atoms with E-state index >= 15 is 0 Å². The Bertz CT molecular complexity index is 1640. The van der Waals surface area contributed by atoms with Gasteiger partial charge in [0.15, 0.2) is 5.13 Å². The van der Waals surface area contributed by atoms with E-state index in [9.17, 15) is 18.0 Å². The summed E-state index contributed by atoms with van der Waals surface area (Å²) < 4.78 is 39.4. The summed E-state index contributed by atoms with van der Waals surface area (Å²) in [6.45, 7) is 4.83. The lowest BCUT2D eigenvalue weighted by Gasteiger charge is -2.41. The van der Waals surface area contributed by atoms with E-state index in [0.717, 1.165) is 57.2 Å². The summed E-state index contributed by atoms with van der Waals surface area (Å²) >= 11 is 1.30. The van der Waals surface area contributed by atoms with Gasteiger partial charge < -0.3 is 19.7 Å². The van der Waals surface area contributed by atoms with Gasteiger partial charge in [-0.15, -0.1) is 0 Å². The zero-order valence-electron chi connectivity index (χ0n) is 27.2. The third-order valence-corrected chi connectivity index (χ3v) is 12.8. The second kappa shape index (κ2) is 15.0. The number of pyridine rings is 1. The van der Waals surface area contributed by atoms with Crippen LogP contribution in [-0.2, 0) is 24.3 Å². The zero-order valence-corrected chi connectivity index (χ0v) is 28.9. The van der Waals surface area contributed by atoms with Crippen molar-refractivity contribution in [1.29, 1.82) is 0 Å².